The quantitative estimate of drug-likeness (QED) is 0.618. The van der Waals surface area contributed by atoms with Crippen molar-refractivity contribution in [2.24, 2.45) is 0 Å². The summed E-state index contributed by atoms with van der Waals surface area (Å²) in [5.41, 5.74) is 1.24. The van der Waals surface area contributed by atoms with Crippen molar-refractivity contribution in [1.29, 1.82) is 0 Å². The number of carbonyl (C=O) groups is 1. The second-order valence-electron chi connectivity index (χ2n) is 2.83. The molecule has 1 aromatic heterocycles. The van der Waals surface area contributed by atoms with Crippen molar-refractivity contribution in [3.8, 4) is 0 Å². The van der Waals surface area contributed by atoms with Crippen LogP contribution in [0, 0.1) is 4.84 Å². The number of H-pyrrole nitrogens is 1. The number of methoxy groups -OCH3 is 1. The Morgan fingerprint density at radius 1 is 1.60 bits per heavy atom. The summed E-state index contributed by atoms with van der Waals surface area (Å²) in [6.45, 7) is 0. The number of fused-ring (bicyclic) bond motifs is 1. The SMILES string of the molecule is COC(=O)c1cc(Cl)cc2oc(=S)[nH]c12. The van der Waals surface area contributed by atoms with Gasteiger partial charge in [-0.15, -0.1) is 0 Å². The van der Waals surface area contributed by atoms with Gasteiger partial charge in [-0.05, 0) is 18.3 Å². The van der Waals surface area contributed by atoms with Gasteiger partial charge in [-0.3, -0.25) is 0 Å². The summed E-state index contributed by atoms with van der Waals surface area (Å²) in [6.07, 6.45) is 0. The zero-order chi connectivity index (χ0) is 11.0. The van der Waals surface area contributed by atoms with Crippen LogP contribution in [-0.2, 0) is 4.74 Å². The van der Waals surface area contributed by atoms with Gasteiger partial charge in [0, 0.05) is 11.1 Å². The summed E-state index contributed by atoms with van der Waals surface area (Å²) in [5.74, 6) is -0.491. The van der Waals surface area contributed by atoms with Crippen molar-refractivity contribution in [3.05, 3.63) is 27.6 Å². The summed E-state index contributed by atoms with van der Waals surface area (Å²) in [5, 5.41) is 0.389. The van der Waals surface area contributed by atoms with E-state index in [4.69, 9.17) is 28.2 Å². The van der Waals surface area contributed by atoms with E-state index in [0.29, 0.717) is 21.7 Å². The minimum absolute atomic E-state index is 0.192. The Hall–Kier alpha value is -1.33. The van der Waals surface area contributed by atoms with Gasteiger partial charge in [0.1, 0.15) is 0 Å². The van der Waals surface area contributed by atoms with E-state index < -0.39 is 5.97 Å². The van der Waals surface area contributed by atoms with E-state index in [1.807, 2.05) is 0 Å². The van der Waals surface area contributed by atoms with Crippen molar-refractivity contribution < 1.29 is 13.9 Å². The third-order valence-electron chi connectivity index (χ3n) is 1.90. The second kappa shape index (κ2) is 3.67. The molecule has 0 spiro atoms. The maximum absolute atomic E-state index is 11.4. The lowest BCUT2D eigenvalue weighted by Gasteiger charge is -2.00. The number of benzene rings is 1. The molecule has 0 aliphatic carbocycles. The molecule has 0 aliphatic rings. The van der Waals surface area contributed by atoms with Crippen molar-refractivity contribution in [2.75, 3.05) is 7.11 Å². The van der Waals surface area contributed by atoms with E-state index in [9.17, 15) is 4.79 Å². The van der Waals surface area contributed by atoms with Crippen LogP contribution >= 0.6 is 23.8 Å². The fraction of sp³-hybridized carbons (Fsp3) is 0.111. The largest absolute Gasteiger partial charge is 0.465 e. The first kappa shape index (κ1) is 10.2. The number of nitrogens with one attached hydrogen (secondary N) is 1. The summed E-state index contributed by atoms with van der Waals surface area (Å²) in [4.78, 5) is 14.4. The Morgan fingerprint density at radius 2 is 2.33 bits per heavy atom. The van der Waals surface area contributed by atoms with Crippen molar-refractivity contribution in [2.45, 2.75) is 0 Å². The molecule has 0 amide bonds. The van der Waals surface area contributed by atoms with E-state index in [0.717, 1.165) is 0 Å². The van der Waals surface area contributed by atoms with E-state index >= 15 is 0 Å². The molecule has 0 bridgehead atoms. The molecule has 6 heteroatoms. The van der Waals surface area contributed by atoms with Crippen LogP contribution in [0.15, 0.2) is 16.5 Å². The zero-order valence-corrected chi connectivity index (χ0v) is 9.24. The molecular weight excluding hydrogens is 238 g/mol. The van der Waals surface area contributed by atoms with Crippen molar-refractivity contribution in [3.63, 3.8) is 0 Å². The number of ether oxygens (including phenoxy) is 1. The monoisotopic (exact) mass is 243 g/mol. The molecule has 0 radical (unpaired) electrons. The maximum Gasteiger partial charge on any atom is 0.340 e. The van der Waals surface area contributed by atoms with Crippen LogP contribution in [0.1, 0.15) is 10.4 Å². The van der Waals surface area contributed by atoms with Crippen LogP contribution < -0.4 is 0 Å². The lowest BCUT2D eigenvalue weighted by Crippen LogP contribution is -2.01. The Morgan fingerprint density at radius 3 is 3.00 bits per heavy atom. The molecule has 78 valence electrons. The lowest BCUT2D eigenvalue weighted by molar-refractivity contribution is 0.0603. The third-order valence-corrected chi connectivity index (χ3v) is 2.31. The standard InChI is InChI=1S/C9H6ClNO3S/c1-13-8(12)5-2-4(10)3-6-7(5)11-9(15)14-6/h2-3H,1H3,(H,11,15). The summed E-state index contributed by atoms with van der Waals surface area (Å²) < 4.78 is 9.77. The number of aromatic amines is 1. The van der Waals surface area contributed by atoms with Crippen LogP contribution in [0.5, 0.6) is 0 Å². The molecular formula is C9H6ClNO3S. The number of rotatable bonds is 1. The van der Waals surface area contributed by atoms with E-state index in [1.165, 1.54) is 13.2 Å². The Balaban J connectivity index is 2.81. The van der Waals surface area contributed by atoms with Crippen molar-refractivity contribution >= 4 is 40.9 Å². The lowest BCUT2D eigenvalue weighted by atomic mass is 10.2. The molecule has 0 aliphatic heterocycles. The Bertz CT molecular complexity index is 587. The number of aromatic nitrogens is 1. The van der Waals surface area contributed by atoms with E-state index in [2.05, 4.69) is 9.72 Å². The van der Waals surface area contributed by atoms with Gasteiger partial charge in [0.2, 0.25) is 0 Å². The zero-order valence-electron chi connectivity index (χ0n) is 7.67. The molecule has 0 saturated carbocycles. The van der Waals surface area contributed by atoms with Crippen LogP contribution in [0.3, 0.4) is 0 Å². The normalized spacial score (nSPS) is 10.5. The average molecular weight is 244 g/mol. The minimum atomic E-state index is -0.491. The average Bonchev–Trinajstić information content (AvgIpc) is 2.55. The van der Waals surface area contributed by atoms with Gasteiger partial charge in [-0.1, -0.05) is 11.6 Å². The molecule has 0 fully saturated rings. The van der Waals surface area contributed by atoms with E-state index in [1.54, 1.807) is 6.07 Å². The molecule has 15 heavy (non-hydrogen) atoms. The Labute approximate surface area is 94.8 Å². The number of halogens is 1. The van der Waals surface area contributed by atoms with Gasteiger partial charge in [0.15, 0.2) is 5.58 Å². The van der Waals surface area contributed by atoms with Crippen molar-refractivity contribution in [1.82, 2.24) is 4.98 Å². The minimum Gasteiger partial charge on any atom is -0.465 e. The molecule has 0 saturated heterocycles. The van der Waals surface area contributed by atoms with Gasteiger partial charge in [-0.2, -0.15) is 0 Å². The van der Waals surface area contributed by atoms with Crippen LogP contribution in [0.4, 0.5) is 0 Å². The topological polar surface area (TPSA) is 55.2 Å². The van der Waals surface area contributed by atoms with Gasteiger partial charge < -0.3 is 14.1 Å². The number of esters is 1. The molecule has 1 aromatic carbocycles. The smallest absolute Gasteiger partial charge is 0.340 e. The summed E-state index contributed by atoms with van der Waals surface area (Å²) in [6, 6.07) is 3.08. The fourth-order valence-corrected chi connectivity index (χ4v) is 1.69. The molecule has 1 heterocycles. The van der Waals surface area contributed by atoms with Crippen LogP contribution in [-0.4, -0.2) is 18.1 Å². The third kappa shape index (κ3) is 1.75. The molecule has 4 nitrogen and oxygen atoms in total. The van der Waals surface area contributed by atoms with E-state index in [-0.39, 0.29) is 4.84 Å². The fourth-order valence-electron chi connectivity index (χ4n) is 1.29. The van der Waals surface area contributed by atoms with Gasteiger partial charge in [-0.25, -0.2) is 4.79 Å². The highest BCUT2D eigenvalue weighted by molar-refractivity contribution is 7.71. The molecule has 0 unspecified atom stereocenters. The molecule has 0 atom stereocenters. The number of carbonyl (C=O) groups excluding carboxylic acids is 1. The van der Waals surface area contributed by atoms with Gasteiger partial charge in [0.05, 0.1) is 18.2 Å². The van der Waals surface area contributed by atoms with Crippen LogP contribution in [0.25, 0.3) is 11.1 Å². The van der Waals surface area contributed by atoms with Gasteiger partial charge >= 0.3 is 5.97 Å². The maximum atomic E-state index is 11.4. The number of hydrogen-bond donors (Lipinski definition) is 1. The summed E-state index contributed by atoms with van der Waals surface area (Å²) in [7, 11) is 1.30. The first-order valence-electron chi connectivity index (χ1n) is 4.02. The van der Waals surface area contributed by atoms with Gasteiger partial charge in [0.25, 0.3) is 4.84 Å². The highest BCUT2D eigenvalue weighted by Crippen LogP contribution is 2.24. The number of hydrogen-bond acceptors (Lipinski definition) is 4. The summed E-state index contributed by atoms with van der Waals surface area (Å²) >= 11 is 10.6. The first-order valence-corrected chi connectivity index (χ1v) is 4.81. The molecule has 1 N–H and O–H groups in total. The second-order valence-corrected chi connectivity index (χ2v) is 3.64. The van der Waals surface area contributed by atoms with Crippen LogP contribution in [0.2, 0.25) is 5.02 Å². The molecule has 2 aromatic rings. The Kier molecular flexibility index (Phi) is 2.50. The predicted molar refractivity (Wildman–Crippen MR) is 57.7 cm³/mol. The number of oxazole rings is 1. The highest BCUT2D eigenvalue weighted by Gasteiger charge is 2.14. The highest BCUT2D eigenvalue weighted by atomic mass is 35.5. The predicted octanol–water partition coefficient (Wildman–Crippen LogP) is 2.93. The first-order chi connectivity index (χ1) is 7.11. The molecule has 2 rings (SSSR count).